The highest BCUT2D eigenvalue weighted by molar-refractivity contribution is 5.85. The first kappa shape index (κ1) is 14.2. The van der Waals surface area contributed by atoms with E-state index in [9.17, 15) is 4.79 Å². The van der Waals surface area contributed by atoms with Crippen LogP contribution in [-0.2, 0) is 0 Å². The number of carbonyl (C=O) groups excluding carboxylic acids is 1. The maximum atomic E-state index is 11.0. The summed E-state index contributed by atoms with van der Waals surface area (Å²) in [5.74, 6) is 1.78. The molecule has 3 heteroatoms. The molecular formula is C14H20ClNO. The Balaban J connectivity index is 0.00000144. The Morgan fingerprint density at radius 2 is 2.00 bits per heavy atom. The predicted octanol–water partition coefficient (Wildman–Crippen LogP) is 2.88. The highest BCUT2D eigenvalue weighted by Gasteiger charge is 2.31. The molecule has 1 aromatic carbocycles. The van der Waals surface area contributed by atoms with Crippen molar-refractivity contribution in [1.82, 2.24) is 5.32 Å². The molecular weight excluding hydrogens is 234 g/mol. The molecule has 17 heavy (non-hydrogen) atoms. The van der Waals surface area contributed by atoms with Crippen molar-refractivity contribution in [3.8, 4) is 0 Å². The fraction of sp³-hybridized carbons (Fsp3) is 0.500. The maximum absolute atomic E-state index is 11.0. The summed E-state index contributed by atoms with van der Waals surface area (Å²) in [5, 5.41) is 3.44. The molecule has 1 N–H and O–H groups in total. The number of halogens is 1. The first-order valence-electron chi connectivity index (χ1n) is 5.99. The van der Waals surface area contributed by atoms with E-state index in [1.54, 1.807) is 0 Å². The maximum Gasteiger partial charge on any atom is 0.150 e. The summed E-state index contributed by atoms with van der Waals surface area (Å²) in [7, 11) is 0. The minimum atomic E-state index is 0. The molecule has 0 spiro atoms. The Bertz CT molecular complexity index is 378. The van der Waals surface area contributed by atoms with Gasteiger partial charge in [0.1, 0.15) is 6.29 Å². The lowest BCUT2D eigenvalue weighted by molar-refractivity contribution is 0.112. The first-order valence-corrected chi connectivity index (χ1v) is 5.99. The molecule has 2 unspecified atom stereocenters. The molecule has 0 aliphatic carbocycles. The lowest BCUT2D eigenvalue weighted by Crippen LogP contribution is -2.18. The summed E-state index contributed by atoms with van der Waals surface area (Å²) in [5.41, 5.74) is 2.06. The molecule has 1 saturated heterocycles. The minimum Gasteiger partial charge on any atom is -0.316 e. The van der Waals surface area contributed by atoms with Gasteiger partial charge in [-0.3, -0.25) is 4.79 Å². The zero-order valence-corrected chi connectivity index (χ0v) is 11.2. The van der Waals surface area contributed by atoms with Gasteiger partial charge in [0.25, 0.3) is 0 Å². The third kappa shape index (κ3) is 2.88. The van der Waals surface area contributed by atoms with Crippen LogP contribution >= 0.6 is 12.4 Å². The van der Waals surface area contributed by atoms with E-state index in [0.29, 0.717) is 17.8 Å². The van der Waals surface area contributed by atoms with E-state index in [1.165, 1.54) is 5.56 Å². The standard InChI is InChI=1S/C14H19NO.ClH/c1-10(2)13-7-15-8-14(13)12-6-4-3-5-11(12)9-16;/h3-6,9-10,13-15H,7-8H2,1-2H3;1H. The summed E-state index contributed by atoms with van der Waals surface area (Å²) in [4.78, 5) is 11.0. The smallest absolute Gasteiger partial charge is 0.150 e. The molecule has 0 bridgehead atoms. The Morgan fingerprint density at radius 3 is 2.65 bits per heavy atom. The van der Waals surface area contributed by atoms with Gasteiger partial charge in [0.15, 0.2) is 0 Å². The molecule has 1 heterocycles. The SMILES string of the molecule is CC(C)C1CNCC1c1ccccc1C=O.Cl. The molecule has 1 aromatic rings. The van der Waals surface area contributed by atoms with Gasteiger partial charge in [0.2, 0.25) is 0 Å². The lowest BCUT2D eigenvalue weighted by atomic mass is 9.80. The average Bonchev–Trinajstić information content (AvgIpc) is 2.77. The molecule has 2 nitrogen and oxygen atoms in total. The molecule has 94 valence electrons. The van der Waals surface area contributed by atoms with Crippen molar-refractivity contribution in [1.29, 1.82) is 0 Å². The van der Waals surface area contributed by atoms with Gasteiger partial charge in [-0.25, -0.2) is 0 Å². The van der Waals surface area contributed by atoms with Gasteiger partial charge in [0.05, 0.1) is 0 Å². The van der Waals surface area contributed by atoms with E-state index in [-0.39, 0.29) is 12.4 Å². The van der Waals surface area contributed by atoms with Crippen molar-refractivity contribution < 1.29 is 4.79 Å². The zero-order valence-electron chi connectivity index (χ0n) is 10.3. The Morgan fingerprint density at radius 1 is 1.29 bits per heavy atom. The molecule has 0 aromatic heterocycles. The van der Waals surface area contributed by atoms with E-state index in [4.69, 9.17) is 0 Å². The van der Waals surface area contributed by atoms with Crippen molar-refractivity contribution in [2.24, 2.45) is 11.8 Å². The fourth-order valence-electron chi connectivity index (χ4n) is 2.70. The second kappa shape index (κ2) is 6.18. The summed E-state index contributed by atoms with van der Waals surface area (Å²) < 4.78 is 0. The third-order valence-corrected chi connectivity index (χ3v) is 3.64. The normalized spacial score (nSPS) is 23.5. The minimum absolute atomic E-state index is 0. The fourth-order valence-corrected chi connectivity index (χ4v) is 2.70. The van der Waals surface area contributed by atoms with Crippen LogP contribution in [0.2, 0.25) is 0 Å². The number of nitrogens with one attached hydrogen (secondary N) is 1. The zero-order chi connectivity index (χ0) is 11.5. The quantitative estimate of drug-likeness (QED) is 0.840. The van der Waals surface area contributed by atoms with Gasteiger partial charge in [-0.1, -0.05) is 38.1 Å². The summed E-state index contributed by atoms with van der Waals surface area (Å²) in [6.07, 6.45) is 0.977. The number of aldehydes is 1. The van der Waals surface area contributed by atoms with Crippen molar-refractivity contribution >= 4 is 18.7 Å². The Hall–Kier alpha value is -0.860. The van der Waals surface area contributed by atoms with Crippen LogP contribution in [-0.4, -0.2) is 19.4 Å². The highest BCUT2D eigenvalue weighted by atomic mass is 35.5. The Kier molecular flexibility index (Phi) is 5.16. The molecule has 1 fully saturated rings. The number of carbonyl (C=O) groups is 1. The molecule has 1 aliphatic heterocycles. The lowest BCUT2D eigenvalue weighted by Gasteiger charge is -2.23. The van der Waals surface area contributed by atoms with Crippen LogP contribution in [0, 0.1) is 11.8 Å². The van der Waals surface area contributed by atoms with Crippen LogP contribution in [0.15, 0.2) is 24.3 Å². The van der Waals surface area contributed by atoms with E-state index in [0.717, 1.165) is 24.9 Å². The third-order valence-electron chi connectivity index (χ3n) is 3.64. The van der Waals surface area contributed by atoms with Crippen LogP contribution < -0.4 is 5.32 Å². The second-order valence-corrected chi connectivity index (χ2v) is 4.92. The molecule has 0 amide bonds. The van der Waals surface area contributed by atoms with Gasteiger partial charge < -0.3 is 5.32 Å². The van der Waals surface area contributed by atoms with Crippen LogP contribution in [0.3, 0.4) is 0 Å². The van der Waals surface area contributed by atoms with E-state index in [2.05, 4.69) is 25.2 Å². The average molecular weight is 254 g/mol. The number of hydrogen-bond donors (Lipinski definition) is 1. The molecule has 2 atom stereocenters. The van der Waals surface area contributed by atoms with E-state index >= 15 is 0 Å². The monoisotopic (exact) mass is 253 g/mol. The van der Waals surface area contributed by atoms with Crippen molar-refractivity contribution in [3.63, 3.8) is 0 Å². The van der Waals surface area contributed by atoms with Gasteiger partial charge in [-0.2, -0.15) is 0 Å². The molecule has 2 rings (SSSR count). The van der Waals surface area contributed by atoms with Crippen LogP contribution in [0.5, 0.6) is 0 Å². The van der Waals surface area contributed by atoms with E-state index < -0.39 is 0 Å². The largest absolute Gasteiger partial charge is 0.316 e. The number of rotatable bonds is 3. The van der Waals surface area contributed by atoms with Crippen LogP contribution in [0.1, 0.15) is 35.7 Å². The van der Waals surface area contributed by atoms with Crippen molar-refractivity contribution in [2.45, 2.75) is 19.8 Å². The first-order chi connectivity index (χ1) is 7.74. The van der Waals surface area contributed by atoms with Crippen molar-refractivity contribution in [3.05, 3.63) is 35.4 Å². The number of hydrogen-bond acceptors (Lipinski definition) is 2. The number of benzene rings is 1. The van der Waals surface area contributed by atoms with Crippen LogP contribution in [0.4, 0.5) is 0 Å². The topological polar surface area (TPSA) is 29.1 Å². The Labute approximate surface area is 109 Å². The molecule has 0 saturated carbocycles. The van der Waals surface area contributed by atoms with Crippen molar-refractivity contribution in [2.75, 3.05) is 13.1 Å². The summed E-state index contributed by atoms with van der Waals surface area (Å²) >= 11 is 0. The van der Waals surface area contributed by atoms with Crippen LogP contribution in [0.25, 0.3) is 0 Å². The molecule has 1 aliphatic rings. The summed E-state index contributed by atoms with van der Waals surface area (Å²) in [6.45, 7) is 6.58. The van der Waals surface area contributed by atoms with Gasteiger partial charge in [0, 0.05) is 18.0 Å². The van der Waals surface area contributed by atoms with Gasteiger partial charge in [-0.05, 0) is 23.9 Å². The predicted molar refractivity (Wildman–Crippen MR) is 73.0 cm³/mol. The van der Waals surface area contributed by atoms with Gasteiger partial charge in [-0.15, -0.1) is 12.4 Å². The second-order valence-electron chi connectivity index (χ2n) is 4.92. The highest BCUT2D eigenvalue weighted by Crippen LogP contribution is 2.34. The molecule has 0 radical (unpaired) electrons. The van der Waals surface area contributed by atoms with E-state index in [1.807, 2.05) is 18.2 Å². The van der Waals surface area contributed by atoms with Gasteiger partial charge >= 0.3 is 0 Å². The summed E-state index contributed by atoms with van der Waals surface area (Å²) in [6, 6.07) is 7.97.